The number of hydrogen-bond acceptors (Lipinski definition) is 6. The second-order valence-corrected chi connectivity index (χ2v) is 9.06. The minimum absolute atomic E-state index is 0.249. The molecule has 0 spiro atoms. The van der Waals surface area contributed by atoms with Crippen molar-refractivity contribution in [2.75, 3.05) is 37.3 Å². The molecule has 1 saturated heterocycles. The molecule has 37 heavy (non-hydrogen) atoms. The summed E-state index contributed by atoms with van der Waals surface area (Å²) in [5.74, 6) is 0.458. The quantitative estimate of drug-likeness (QED) is 0.229. The average molecular weight is 499 g/mol. The number of benzene rings is 3. The Balaban J connectivity index is 1.15. The molecule has 3 aromatic carbocycles. The lowest BCUT2D eigenvalue weighted by Gasteiger charge is -2.14. The van der Waals surface area contributed by atoms with Gasteiger partial charge in [0.1, 0.15) is 17.9 Å². The number of nitrogens with two attached hydrogens (primary N) is 1. The van der Waals surface area contributed by atoms with Crippen LogP contribution in [-0.2, 0) is 6.54 Å². The number of carbonyl (C=O) groups is 2. The number of nitrogens with one attached hydrogen (secondary N) is 2. The van der Waals surface area contributed by atoms with Crippen LogP contribution in [0.25, 0.3) is 11.0 Å². The van der Waals surface area contributed by atoms with E-state index in [-0.39, 0.29) is 18.4 Å². The second-order valence-electron chi connectivity index (χ2n) is 9.06. The summed E-state index contributed by atoms with van der Waals surface area (Å²) < 4.78 is 11.7. The van der Waals surface area contributed by atoms with E-state index >= 15 is 0 Å². The molecular formula is C29H30N4O4. The van der Waals surface area contributed by atoms with Gasteiger partial charge in [0.2, 0.25) is 0 Å². The maximum absolute atomic E-state index is 13.0. The van der Waals surface area contributed by atoms with E-state index in [0.717, 1.165) is 29.6 Å². The first-order chi connectivity index (χ1) is 18.1. The Labute approximate surface area is 215 Å². The number of rotatable bonds is 9. The Bertz CT molecular complexity index is 1390. The predicted molar refractivity (Wildman–Crippen MR) is 144 cm³/mol. The molecule has 2 amide bonds. The molecule has 4 N–H and O–H groups in total. The van der Waals surface area contributed by atoms with Crippen LogP contribution >= 0.6 is 0 Å². The van der Waals surface area contributed by atoms with Crippen LogP contribution in [0.4, 0.5) is 11.4 Å². The maximum atomic E-state index is 13.0. The van der Waals surface area contributed by atoms with Gasteiger partial charge in [-0.1, -0.05) is 30.3 Å². The van der Waals surface area contributed by atoms with Crippen molar-refractivity contribution >= 4 is 34.2 Å². The molecule has 0 saturated carbocycles. The normalized spacial score (nSPS) is 13.5. The fourth-order valence-corrected chi connectivity index (χ4v) is 4.53. The Morgan fingerprint density at radius 2 is 1.65 bits per heavy atom. The predicted octanol–water partition coefficient (Wildman–Crippen LogP) is 4.67. The molecule has 1 fully saturated rings. The molecule has 1 aromatic heterocycles. The summed E-state index contributed by atoms with van der Waals surface area (Å²) in [5.41, 5.74) is 9.10. The van der Waals surface area contributed by atoms with Crippen molar-refractivity contribution < 1.29 is 18.7 Å². The van der Waals surface area contributed by atoms with Crippen molar-refractivity contribution in [2.45, 2.75) is 19.4 Å². The third-order valence-electron chi connectivity index (χ3n) is 6.47. The maximum Gasteiger partial charge on any atom is 0.287 e. The van der Waals surface area contributed by atoms with Crippen LogP contribution in [0, 0.1) is 0 Å². The van der Waals surface area contributed by atoms with Gasteiger partial charge in [-0.05, 0) is 68.4 Å². The third kappa shape index (κ3) is 5.76. The molecule has 1 aliphatic rings. The van der Waals surface area contributed by atoms with Gasteiger partial charge in [-0.3, -0.25) is 14.5 Å². The minimum Gasteiger partial charge on any atom is -0.492 e. The lowest BCUT2D eigenvalue weighted by Crippen LogP contribution is -2.29. The molecule has 0 radical (unpaired) electrons. The van der Waals surface area contributed by atoms with Crippen LogP contribution in [0.3, 0.4) is 0 Å². The Kier molecular flexibility index (Phi) is 7.37. The van der Waals surface area contributed by atoms with E-state index in [0.29, 0.717) is 41.5 Å². The number of fused-ring (bicyclic) bond motifs is 1. The van der Waals surface area contributed by atoms with Gasteiger partial charge < -0.3 is 25.5 Å². The van der Waals surface area contributed by atoms with Crippen molar-refractivity contribution in [2.24, 2.45) is 0 Å². The molecular weight excluding hydrogens is 468 g/mol. The first kappa shape index (κ1) is 24.4. The number of nitrogen functional groups attached to an aromatic ring is 1. The molecule has 4 aromatic rings. The molecule has 8 nitrogen and oxygen atoms in total. The van der Waals surface area contributed by atoms with E-state index in [1.165, 1.54) is 12.8 Å². The van der Waals surface area contributed by atoms with Crippen molar-refractivity contribution in [1.82, 2.24) is 10.2 Å². The lowest BCUT2D eigenvalue weighted by atomic mass is 10.1. The zero-order chi connectivity index (χ0) is 25.6. The van der Waals surface area contributed by atoms with E-state index in [1.54, 1.807) is 36.4 Å². The molecule has 190 valence electrons. The summed E-state index contributed by atoms with van der Waals surface area (Å²) in [6.07, 6.45) is 2.37. The highest BCUT2D eigenvalue weighted by Crippen LogP contribution is 2.28. The first-order valence-corrected chi connectivity index (χ1v) is 12.5. The van der Waals surface area contributed by atoms with Crippen molar-refractivity contribution in [3.8, 4) is 5.75 Å². The topological polar surface area (TPSA) is 110 Å². The SMILES string of the molecule is Nc1ccccc1NC(=O)c1ccc(OCCNC(=O)c2oc3ccccc3c2CN2CCCC2)cc1. The minimum atomic E-state index is -0.257. The van der Waals surface area contributed by atoms with Crippen molar-refractivity contribution in [1.29, 1.82) is 0 Å². The van der Waals surface area contributed by atoms with Gasteiger partial charge in [0.15, 0.2) is 5.76 Å². The zero-order valence-electron chi connectivity index (χ0n) is 20.5. The summed E-state index contributed by atoms with van der Waals surface area (Å²) in [6, 6.07) is 21.7. The first-order valence-electron chi connectivity index (χ1n) is 12.5. The Hall–Kier alpha value is -4.30. The molecule has 0 atom stereocenters. The van der Waals surface area contributed by atoms with Crippen LogP contribution in [0.2, 0.25) is 0 Å². The number of anilines is 2. The number of hydrogen-bond donors (Lipinski definition) is 3. The van der Waals surface area contributed by atoms with E-state index in [1.807, 2.05) is 36.4 Å². The van der Waals surface area contributed by atoms with E-state index in [2.05, 4.69) is 15.5 Å². The Morgan fingerprint density at radius 1 is 0.919 bits per heavy atom. The van der Waals surface area contributed by atoms with Gasteiger partial charge in [-0.25, -0.2) is 0 Å². The van der Waals surface area contributed by atoms with Gasteiger partial charge in [0.05, 0.1) is 17.9 Å². The van der Waals surface area contributed by atoms with Gasteiger partial charge >= 0.3 is 0 Å². The summed E-state index contributed by atoms with van der Waals surface area (Å²) >= 11 is 0. The van der Waals surface area contributed by atoms with Crippen molar-refractivity contribution in [3.05, 3.63) is 89.7 Å². The van der Waals surface area contributed by atoms with E-state index in [4.69, 9.17) is 14.9 Å². The van der Waals surface area contributed by atoms with Crippen LogP contribution in [0.1, 0.15) is 39.3 Å². The van der Waals surface area contributed by atoms with Crippen LogP contribution in [0.5, 0.6) is 5.75 Å². The fraction of sp³-hybridized carbons (Fsp3) is 0.241. The molecule has 0 aliphatic carbocycles. The molecule has 0 unspecified atom stereocenters. The lowest BCUT2D eigenvalue weighted by molar-refractivity contribution is 0.0918. The highest BCUT2D eigenvalue weighted by molar-refractivity contribution is 6.05. The molecule has 5 rings (SSSR count). The molecule has 1 aliphatic heterocycles. The van der Waals surface area contributed by atoms with Gasteiger partial charge in [0, 0.05) is 23.1 Å². The van der Waals surface area contributed by atoms with Crippen LogP contribution in [-0.4, -0.2) is 43.0 Å². The highest BCUT2D eigenvalue weighted by Gasteiger charge is 2.23. The molecule has 2 heterocycles. The number of likely N-dealkylation sites (tertiary alicyclic amines) is 1. The number of carbonyl (C=O) groups excluding carboxylic acids is 2. The van der Waals surface area contributed by atoms with Crippen LogP contribution in [0.15, 0.2) is 77.2 Å². The summed E-state index contributed by atoms with van der Waals surface area (Å²) in [4.78, 5) is 27.8. The second kappa shape index (κ2) is 11.2. The zero-order valence-corrected chi connectivity index (χ0v) is 20.5. The number of ether oxygens (including phenoxy) is 1. The van der Waals surface area contributed by atoms with Crippen LogP contribution < -0.4 is 21.1 Å². The van der Waals surface area contributed by atoms with Gasteiger partial charge in [0.25, 0.3) is 11.8 Å². The van der Waals surface area contributed by atoms with Gasteiger partial charge in [-0.2, -0.15) is 0 Å². The molecule has 8 heteroatoms. The smallest absolute Gasteiger partial charge is 0.287 e. The van der Waals surface area contributed by atoms with E-state index < -0.39 is 0 Å². The molecule has 0 bridgehead atoms. The fourth-order valence-electron chi connectivity index (χ4n) is 4.53. The summed E-state index contributed by atoms with van der Waals surface area (Å²) in [7, 11) is 0. The largest absolute Gasteiger partial charge is 0.492 e. The summed E-state index contributed by atoms with van der Waals surface area (Å²) in [5, 5.41) is 6.69. The van der Waals surface area contributed by atoms with Crippen molar-refractivity contribution in [3.63, 3.8) is 0 Å². The average Bonchev–Trinajstić information content (AvgIpc) is 3.57. The van der Waals surface area contributed by atoms with E-state index in [9.17, 15) is 9.59 Å². The number of amides is 2. The monoisotopic (exact) mass is 498 g/mol. The number of furan rings is 1. The third-order valence-corrected chi connectivity index (χ3v) is 6.47. The number of nitrogens with zero attached hydrogens (tertiary/aromatic N) is 1. The summed E-state index contributed by atoms with van der Waals surface area (Å²) in [6.45, 7) is 3.37. The highest BCUT2D eigenvalue weighted by atomic mass is 16.5. The standard InChI is InChI=1S/C29H30N4O4/c30-24-8-2-3-9-25(24)32-28(34)20-11-13-21(14-12-20)36-18-15-31-29(35)27-23(19-33-16-5-6-17-33)22-7-1-4-10-26(22)37-27/h1-4,7-14H,5-6,15-19,30H2,(H,31,35)(H,32,34). The van der Waals surface area contributed by atoms with Gasteiger partial charge in [-0.15, -0.1) is 0 Å². The number of para-hydroxylation sites is 3. The Morgan fingerprint density at radius 3 is 2.43 bits per heavy atom.